The van der Waals surface area contributed by atoms with E-state index in [0.29, 0.717) is 11.3 Å². The number of rotatable bonds is 6. The van der Waals surface area contributed by atoms with Crippen LogP contribution in [0.15, 0.2) is 58.0 Å². The van der Waals surface area contributed by atoms with Crippen LogP contribution in [0, 0.1) is 0 Å². The number of aromatic nitrogens is 1. The molecule has 3 aromatic rings. The van der Waals surface area contributed by atoms with Gasteiger partial charge in [0.05, 0.1) is 26.7 Å². The minimum Gasteiger partial charge on any atom is -0.478 e. The summed E-state index contributed by atoms with van der Waals surface area (Å²) in [5.41, 5.74) is 4.47. The average Bonchev–Trinajstić information content (AvgIpc) is 3.07. The van der Waals surface area contributed by atoms with Gasteiger partial charge in [-0.05, 0) is 32.0 Å². The molecule has 8 heteroatoms. The summed E-state index contributed by atoms with van der Waals surface area (Å²) in [5.74, 6) is -1.31. The van der Waals surface area contributed by atoms with Gasteiger partial charge in [-0.1, -0.05) is 42.1 Å². The SMILES string of the molecule is C/C(=N/NC(=O)C(C)Sc1nc2ccccc2s1)c1ccccc1C(=O)O. The molecule has 0 fully saturated rings. The molecule has 1 amide bonds. The standard InChI is InChI=1S/C19H17N3O3S2/c1-11(13-7-3-4-8-14(13)18(24)25)21-22-17(23)12(2)26-19-20-15-9-5-6-10-16(15)27-19/h3-10,12H,1-2H3,(H,22,23)(H,24,25)/b21-11-. The highest BCUT2D eigenvalue weighted by Crippen LogP contribution is 2.31. The van der Waals surface area contributed by atoms with E-state index < -0.39 is 11.2 Å². The third-order valence-electron chi connectivity index (χ3n) is 3.80. The van der Waals surface area contributed by atoms with Gasteiger partial charge < -0.3 is 5.11 Å². The highest BCUT2D eigenvalue weighted by Gasteiger charge is 2.17. The van der Waals surface area contributed by atoms with Crippen LogP contribution in [0.5, 0.6) is 0 Å². The Balaban J connectivity index is 1.67. The van der Waals surface area contributed by atoms with E-state index in [0.717, 1.165) is 14.6 Å². The number of carbonyl (C=O) groups excluding carboxylic acids is 1. The van der Waals surface area contributed by atoms with Crippen molar-refractivity contribution < 1.29 is 14.7 Å². The Morgan fingerprint density at radius 2 is 1.81 bits per heavy atom. The molecule has 1 unspecified atom stereocenters. The lowest BCUT2D eigenvalue weighted by atomic mass is 10.0. The quantitative estimate of drug-likeness (QED) is 0.371. The number of aromatic carboxylic acids is 1. The number of hydrazone groups is 1. The number of hydrogen-bond acceptors (Lipinski definition) is 6. The summed E-state index contributed by atoms with van der Waals surface area (Å²) < 4.78 is 1.89. The number of hydrogen-bond donors (Lipinski definition) is 2. The number of carbonyl (C=O) groups is 2. The van der Waals surface area contributed by atoms with E-state index in [-0.39, 0.29) is 11.5 Å². The molecule has 0 radical (unpaired) electrons. The largest absolute Gasteiger partial charge is 0.478 e. The van der Waals surface area contributed by atoms with Crippen LogP contribution in [0.3, 0.4) is 0 Å². The molecule has 0 saturated heterocycles. The molecular formula is C19H17N3O3S2. The van der Waals surface area contributed by atoms with E-state index in [1.54, 1.807) is 43.4 Å². The molecule has 6 nitrogen and oxygen atoms in total. The molecule has 1 atom stereocenters. The molecule has 0 saturated carbocycles. The third kappa shape index (κ3) is 4.53. The lowest BCUT2D eigenvalue weighted by molar-refractivity contribution is -0.120. The van der Waals surface area contributed by atoms with Gasteiger partial charge in [0, 0.05) is 5.56 Å². The van der Waals surface area contributed by atoms with Gasteiger partial charge in [0.1, 0.15) is 0 Å². The molecule has 0 aliphatic carbocycles. The van der Waals surface area contributed by atoms with E-state index in [9.17, 15) is 14.7 Å². The van der Waals surface area contributed by atoms with Gasteiger partial charge >= 0.3 is 5.97 Å². The number of para-hydroxylation sites is 1. The fourth-order valence-corrected chi connectivity index (χ4v) is 4.59. The highest BCUT2D eigenvalue weighted by molar-refractivity contribution is 8.02. The zero-order valence-corrected chi connectivity index (χ0v) is 16.3. The van der Waals surface area contributed by atoms with Crippen LogP contribution >= 0.6 is 23.1 Å². The summed E-state index contributed by atoms with van der Waals surface area (Å²) in [6.45, 7) is 3.44. The number of thioether (sulfide) groups is 1. The molecule has 2 aromatic carbocycles. The zero-order valence-electron chi connectivity index (χ0n) is 14.7. The minimum atomic E-state index is -1.04. The predicted molar refractivity (Wildman–Crippen MR) is 109 cm³/mol. The van der Waals surface area contributed by atoms with E-state index in [1.165, 1.54) is 17.8 Å². The molecule has 138 valence electrons. The van der Waals surface area contributed by atoms with Crippen molar-refractivity contribution in [2.45, 2.75) is 23.4 Å². The number of carboxylic acids is 1. The molecular weight excluding hydrogens is 382 g/mol. The summed E-state index contributed by atoms with van der Waals surface area (Å²) in [5, 5.41) is 12.9. The van der Waals surface area contributed by atoms with Gasteiger partial charge in [-0.25, -0.2) is 15.2 Å². The summed E-state index contributed by atoms with van der Waals surface area (Å²) >= 11 is 2.91. The van der Waals surface area contributed by atoms with Crippen LogP contribution < -0.4 is 5.43 Å². The van der Waals surface area contributed by atoms with Gasteiger partial charge in [-0.2, -0.15) is 5.10 Å². The molecule has 0 aliphatic heterocycles. The second-order valence-electron chi connectivity index (χ2n) is 5.73. The highest BCUT2D eigenvalue weighted by atomic mass is 32.2. The number of thiazole rings is 1. The molecule has 3 rings (SSSR count). The monoisotopic (exact) mass is 399 g/mol. The van der Waals surface area contributed by atoms with E-state index in [1.807, 2.05) is 24.3 Å². The molecule has 2 N–H and O–H groups in total. The number of carboxylic acid groups (broad SMARTS) is 1. The van der Waals surface area contributed by atoms with E-state index >= 15 is 0 Å². The van der Waals surface area contributed by atoms with Crippen molar-refractivity contribution in [2.24, 2.45) is 5.10 Å². The van der Waals surface area contributed by atoms with Crippen LogP contribution in [0.25, 0.3) is 10.2 Å². The second-order valence-corrected chi connectivity index (χ2v) is 8.35. The molecule has 27 heavy (non-hydrogen) atoms. The smallest absolute Gasteiger partial charge is 0.336 e. The number of nitrogens with one attached hydrogen (secondary N) is 1. The molecule has 0 spiro atoms. The van der Waals surface area contributed by atoms with Gasteiger partial charge in [0.2, 0.25) is 0 Å². The fraction of sp³-hybridized carbons (Fsp3) is 0.158. The first-order valence-corrected chi connectivity index (χ1v) is 9.84. The van der Waals surface area contributed by atoms with Crippen LogP contribution in [0.2, 0.25) is 0 Å². The lowest BCUT2D eigenvalue weighted by Crippen LogP contribution is -2.27. The maximum atomic E-state index is 12.3. The Hall–Kier alpha value is -2.71. The van der Waals surface area contributed by atoms with Crippen molar-refractivity contribution >= 4 is 50.9 Å². The number of benzene rings is 2. The summed E-state index contributed by atoms with van der Waals surface area (Å²) in [6.07, 6.45) is 0. The molecule has 0 aliphatic rings. The first kappa shape index (κ1) is 19.1. The number of fused-ring (bicyclic) bond motifs is 1. The predicted octanol–water partition coefficient (Wildman–Crippen LogP) is 4.02. The summed E-state index contributed by atoms with van der Waals surface area (Å²) in [4.78, 5) is 28.1. The van der Waals surface area contributed by atoms with Crippen molar-refractivity contribution in [1.29, 1.82) is 0 Å². The fourth-order valence-electron chi connectivity index (χ4n) is 2.38. The number of amides is 1. The second kappa shape index (κ2) is 8.32. The zero-order chi connectivity index (χ0) is 19.4. The molecule has 1 aromatic heterocycles. The van der Waals surface area contributed by atoms with E-state index in [4.69, 9.17) is 0 Å². The third-order valence-corrected chi connectivity index (χ3v) is 6.03. The normalized spacial score (nSPS) is 12.7. The van der Waals surface area contributed by atoms with Crippen molar-refractivity contribution in [3.05, 3.63) is 59.7 Å². The van der Waals surface area contributed by atoms with Crippen LogP contribution in [0.1, 0.15) is 29.8 Å². The topological polar surface area (TPSA) is 91.7 Å². The van der Waals surface area contributed by atoms with Crippen molar-refractivity contribution in [1.82, 2.24) is 10.4 Å². The first-order chi connectivity index (χ1) is 13.0. The minimum absolute atomic E-state index is 0.143. The maximum absolute atomic E-state index is 12.3. The summed E-state index contributed by atoms with van der Waals surface area (Å²) in [7, 11) is 0. The van der Waals surface area contributed by atoms with Gasteiger partial charge in [0.25, 0.3) is 5.91 Å². The Bertz CT molecular complexity index is 997. The number of nitrogens with zero attached hydrogens (tertiary/aromatic N) is 2. The van der Waals surface area contributed by atoms with Gasteiger partial charge in [0.15, 0.2) is 4.34 Å². The lowest BCUT2D eigenvalue weighted by Gasteiger charge is -2.09. The van der Waals surface area contributed by atoms with Crippen LogP contribution in [0.4, 0.5) is 0 Å². The Morgan fingerprint density at radius 3 is 2.52 bits per heavy atom. The Kier molecular flexibility index (Phi) is 5.88. The van der Waals surface area contributed by atoms with Crippen LogP contribution in [-0.2, 0) is 4.79 Å². The molecule has 1 heterocycles. The molecule has 0 bridgehead atoms. The van der Waals surface area contributed by atoms with Crippen LogP contribution in [-0.4, -0.2) is 32.9 Å². The maximum Gasteiger partial charge on any atom is 0.336 e. The van der Waals surface area contributed by atoms with Gasteiger partial charge in [-0.3, -0.25) is 4.79 Å². The van der Waals surface area contributed by atoms with Crippen molar-refractivity contribution in [3.8, 4) is 0 Å². The average molecular weight is 399 g/mol. The van der Waals surface area contributed by atoms with Gasteiger partial charge in [-0.15, -0.1) is 11.3 Å². The van der Waals surface area contributed by atoms with E-state index in [2.05, 4.69) is 15.5 Å². The Labute approximate surface area is 164 Å². The Morgan fingerprint density at radius 1 is 1.15 bits per heavy atom. The van der Waals surface area contributed by atoms with Crippen molar-refractivity contribution in [2.75, 3.05) is 0 Å². The van der Waals surface area contributed by atoms with Crippen molar-refractivity contribution in [3.63, 3.8) is 0 Å². The first-order valence-electron chi connectivity index (χ1n) is 8.15. The summed E-state index contributed by atoms with van der Waals surface area (Å²) in [6, 6.07) is 14.4.